The van der Waals surface area contributed by atoms with E-state index in [0.29, 0.717) is 12.1 Å². The Hall–Kier alpha value is -1.43. The van der Waals surface area contributed by atoms with Crippen LogP contribution in [0.4, 0.5) is 4.39 Å². The molecular formula is C15H16BrFN2O2. The highest BCUT2D eigenvalue weighted by atomic mass is 79.9. The minimum absolute atomic E-state index is 0.0947. The van der Waals surface area contributed by atoms with Crippen molar-refractivity contribution in [3.63, 3.8) is 0 Å². The summed E-state index contributed by atoms with van der Waals surface area (Å²) in [5, 5.41) is 2.80. The summed E-state index contributed by atoms with van der Waals surface area (Å²) >= 11 is 3.31. The fourth-order valence-electron chi connectivity index (χ4n) is 2.63. The average molecular weight is 355 g/mol. The fourth-order valence-corrected chi connectivity index (χ4v) is 3.04. The van der Waals surface area contributed by atoms with E-state index in [0.717, 1.165) is 17.3 Å². The van der Waals surface area contributed by atoms with Crippen molar-refractivity contribution in [2.75, 3.05) is 6.54 Å². The maximum absolute atomic E-state index is 13.9. The van der Waals surface area contributed by atoms with Gasteiger partial charge < -0.3 is 10.2 Å². The van der Waals surface area contributed by atoms with Crippen LogP contribution in [0.15, 0.2) is 22.7 Å². The molecule has 1 heterocycles. The number of amides is 2. The zero-order valence-corrected chi connectivity index (χ0v) is 13.0. The van der Waals surface area contributed by atoms with Gasteiger partial charge in [-0.15, -0.1) is 0 Å². The molecule has 0 spiro atoms. The van der Waals surface area contributed by atoms with Crippen LogP contribution in [0.2, 0.25) is 0 Å². The van der Waals surface area contributed by atoms with Gasteiger partial charge in [0.2, 0.25) is 11.8 Å². The second kappa shape index (κ2) is 5.75. The van der Waals surface area contributed by atoms with Crippen LogP contribution in [-0.4, -0.2) is 29.3 Å². The van der Waals surface area contributed by atoms with Gasteiger partial charge in [-0.25, -0.2) is 4.39 Å². The molecule has 1 aromatic carbocycles. The topological polar surface area (TPSA) is 49.4 Å². The van der Waals surface area contributed by atoms with Crippen molar-refractivity contribution in [2.45, 2.75) is 31.8 Å². The van der Waals surface area contributed by atoms with Gasteiger partial charge in [-0.2, -0.15) is 0 Å². The summed E-state index contributed by atoms with van der Waals surface area (Å²) in [4.78, 5) is 25.9. The van der Waals surface area contributed by atoms with Crippen molar-refractivity contribution in [2.24, 2.45) is 5.92 Å². The zero-order chi connectivity index (χ0) is 15.0. The Labute approximate surface area is 130 Å². The third-order valence-electron chi connectivity index (χ3n) is 3.97. The lowest BCUT2D eigenvalue weighted by Crippen LogP contribution is -2.45. The highest BCUT2D eigenvalue weighted by Gasteiger charge is 2.40. The Morgan fingerprint density at radius 1 is 1.33 bits per heavy atom. The van der Waals surface area contributed by atoms with Crippen molar-refractivity contribution >= 4 is 27.7 Å². The van der Waals surface area contributed by atoms with Crippen molar-refractivity contribution in [1.29, 1.82) is 0 Å². The summed E-state index contributed by atoms with van der Waals surface area (Å²) in [6.45, 7) is 0.530. The van der Waals surface area contributed by atoms with Gasteiger partial charge >= 0.3 is 0 Å². The van der Waals surface area contributed by atoms with Crippen LogP contribution in [0.5, 0.6) is 0 Å². The Morgan fingerprint density at radius 3 is 2.81 bits per heavy atom. The maximum atomic E-state index is 13.9. The average Bonchev–Trinajstić information content (AvgIpc) is 3.27. The summed E-state index contributed by atoms with van der Waals surface area (Å²) in [5.41, 5.74) is 0.460. The van der Waals surface area contributed by atoms with E-state index in [1.807, 2.05) is 0 Å². The molecule has 1 atom stereocenters. The number of benzene rings is 1. The summed E-state index contributed by atoms with van der Waals surface area (Å²) < 4.78 is 14.6. The molecule has 1 unspecified atom stereocenters. The van der Waals surface area contributed by atoms with Crippen molar-refractivity contribution in [3.8, 4) is 0 Å². The largest absolute Gasteiger partial charge is 0.344 e. The number of nitrogens with zero attached hydrogens (tertiary/aromatic N) is 1. The smallest absolute Gasteiger partial charge is 0.245 e. The van der Waals surface area contributed by atoms with E-state index < -0.39 is 6.04 Å². The first kappa shape index (κ1) is 14.5. The first-order valence-corrected chi connectivity index (χ1v) is 7.86. The van der Waals surface area contributed by atoms with E-state index in [1.165, 1.54) is 6.07 Å². The molecule has 0 aromatic heterocycles. The maximum Gasteiger partial charge on any atom is 0.245 e. The fraction of sp³-hybridized carbons (Fsp3) is 0.467. The minimum Gasteiger partial charge on any atom is -0.344 e. The zero-order valence-electron chi connectivity index (χ0n) is 11.4. The number of hydrogen-bond donors (Lipinski definition) is 1. The lowest BCUT2D eigenvalue weighted by molar-refractivity contribution is -0.134. The SMILES string of the molecule is O=C1CCN(Cc2cc(Br)ccc2F)C(=O)C(C2CC2)N1. The number of carbonyl (C=O) groups excluding carboxylic acids is 2. The first-order chi connectivity index (χ1) is 10.0. The molecule has 112 valence electrons. The van der Waals surface area contributed by atoms with Gasteiger partial charge in [0, 0.05) is 29.5 Å². The molecule has 2 fully saturated rings. The lowest BCUT2D eigenvalue weighted by atomic mass is 10.1. The normalized spacial score (nSPS) is 23.0. The number of halogens is 2. The third-order valence-corrected chi connectivity index (χ3v) is 4.46. The van der Waals surface area contributed by atoms with E-state index >= 15 is 0 Å². The molecule has 2 aliphatic rings. The van der Waals surface area contributed by atoms with E-state index in [4.69, 9.17) is 0 Å². The number of nitrogens with one attached hydrogen (secondary N) is 1. The molecule has 1 aliphatic heterocycles. The minimum atomic E-state index is -0.435. The first-order valence-electron chi connectivity index (χ1n) is 7.06. The van der Waals surface area contributed by atoms with Gasteiger partial charge in [-0.3, -0.25) is 9.59 Å². The van der Waals surface area contributed by atoms with E-state index in [9.17, 15) is 14.0 Å². The molecule has 1 aromatic rings. The number of hydrogen-bond acceptors (Lipinski definition) is 2. The second-order valence-corrected chi connectivity index (χ2v) is 6.54. The van der Waals surface area contributed by atoms with Crippen LogP contribution in [0, 0.1) is 11.7 Å². The van der Waals surface area contributed by atoms with Gasteiger partial charge in [0.25, 0.3) is 0 Å². The molecule has 1 N–H and O–H groups in total. The predicted molar refractivity (Wildman–Crippen MR) is 78.8 cm³/mol. The molecular weight excluding hydrogens is 339 g/mol. The van der Waals surface area contributed by atoms with Crippen LogP contribution in [0.3, 0.4) is 0 Å². The predicted octanol–water partition coefficient (Wildman–Crippen LogP) is 2.22. The molecule has 2 amide bonds. The van der Waals surface area contributed by atoms with Crippen LogP contribution < -0.4 is 5.32 Å². The summed E-state index contributed by atoms with van der Waals surface area (Å²) in [5.74, 6) is -0.285. The van der Waals surface area contributed by atoms with Gasteiger partial charge in [0.05, 0.1) is 0 Å². The number of carbonyl (C=O) groups is 2. The van der Waals surface area contributed by atoms with Crippen molar-refractivity contribution < 1.29 is 14.0 Å². The Morgan fingerprint density at radius 2 is 2.10 bits per heavy atom. The molecule has 21 heavy (non-hydrogen) atoms. The Kier molecular flexibility index (Phi) is 3.97. The van der Waals surface area contributed by atoms with Crippen molar-refractivity contribution in [1.82, 2.24) is 10.2 Å². The standard InChI is InChI=1S/C15H16BrFN2O2/c16-11-3-4-12(17)10(7-11)8-19-6-5-13(20)18-14(15(19)21)9-1-2-9/h3-4,7,9,14H,1-2,5-6,8H2,(H,18,20). The molecule has 3 rings (SSSR count). The highest BCUT2D eigenvalue weighted by molar-refractivity contribution is 9.10. The Bertz CT molecular complexity index is 589. The Balaban J connectivity index is 1.81. The highest BCUT2D eigenvalue weighted by Crippen LogP contribution is 2.34. The van der Waals surface area contributed by atoms with E-state index in [1.54, 1.807) is 17.0 Å². The monoisotopic (exact) mass is 354 g/mol. The molecule has 0 bridgehead atoms. The molecule has 0 radical (unpaired) electrons. The molecule has 4 nitrogen and oxygen atoms in total. The molecule has 6 heteroatoms. The van der Waals surface area contributed by atoms with E-state index in [2.05, 4.69) is 21.2 Å². The van der Waals surface area contributed by atoms with Crippen LogP contribution in [-0.2, 0) is 16.1 Å². The van der Waals surface area contributed by atoms with Gasteiger partial charge in [0.1, 0.15) is 11.9 Å². The van der Waals surface area contributed by atoms with Crippen LogP contribution in [0.1, 0.15) is 24.8 Å². The quantitative estimate of drug-likeness (QED) is 0.904. The molecule has 1 aliphatic carbocycles. The summed E-state index contributed by atoms with van der Waals surface area (Å²) in [6, 6.07) is 4.25. The summed E-state index contributed by atoms with van der Waals surface area (Å²) in [7, 11) is 0. The van der Waals surface area contributed by atoms with Gasteiger partial charge in [0.15, 0.2) is 0 Å². The van der Waals surface area contributed by atoms with Crippen LogP contribution in [0.25, 0.3) is 0 Å². The second-order valence-electron chi connectivity index (χ2n) is 5.63. The number of rotatable bonds is 3. The lowest BCUT2D eigenvalue weighted by Gasteiger charge is -2.24. The molecule has 1 saturated carbocycles. The van der Waals surface area contributed by atoms with Crippen LogP contribution >= 0.6 is 15.9 Å². The van der Waals surface area contributed by atoms with Gasteiger partial charge in [-0.05, 0) is 37.0 Å². The van der Waals surface area contributed by atoms with E-state index in [-0.39, 0.29) is 36.5 Å². The third kappa shape index (κ3) is 3.26. The summed E-state index contributed by atoms with van der Waals surface area (Å²) in [6.07, 6.45) is 2.20. The van der Waals surface area contributed by atoms with Gasteiger partial charge in [-0.1, -0.05) is 15.9 Å². The van der Waals surface area contributed by atoms with Crippen molar-refractivity contribution in [3.05, 3.63) is 34.1 Å². The molecule has 1 saturated heterocycles.